The van der Waals surface area contributed by atoms with E-state index in [0.717, 1.165) is 16.6 Å². The zero-order valence-electron chi connectivity index (χ0n) is 20.7. The molecule has 202 valence electrons. The van der Waals surface area contributed by atoms with E-state index in [9.17, 15) is 18.0 Å². The van der Waals surface area contributed by atoms with Gasteiger partial charge >= 0.3 is 11.9 Å². The van der Waals surface area contributed by atoms with E-state index in [2.05, 4.69) is 35.9 Å². The van der Waals surface area contributed by atoms with E-state index in [1.54, 1.807) is 12.1 Å². The summed E-state index contributed by atoms with van der Waals surface area (Å²) in [7, 11) is 2.91. The van der Waals surface area contributed by atoms with Crippen LogP contribution in [0.4, 0.5) is 30.6 Å². The summed E-state index contributed by atoms with van der Waals surface area (Å²) >= 11 is 0. The van der Waals surface area contributed by atoms with Gasteiger partial charge in [0, 0.05) is 41.5 Å². The van der Waals surface area contributed by atoms with Gasteiger partial charge in [-0.2, -0.15) is 18.2 Å². The molecule has 1 aliphatic heterocycles. The van der Waals surface area contributed by atoms with Crippen LogP contribution in [0, 0.1) is 6.92 Å². The maximum Gasteiger partial charge on any atom is 0.434 e. The highest BCUT2D eigenvalue weighted by Crippen LogP contribution is 2.36. The third-order valence-corrected chi connectivity index (χ3v) is 5.62. The van der Waals surface area contributed by atoms with Crippen LogP contribution >= 0.6 is 0 Å². The molecule has 0 amide bonds. The number of methoxy groups -OCH3 is 2. The maximum absolute atomic E-state index is 13.4. The number of anilines is 3. The Kier molecular flexibility index (Phi) is 6.66. The number of aromatic amines is 1. The van der Waals surface area contributed by atoms with Crippen LogP contribution in [0.15, 0.2) is 58.1 Å². The summed E-state index contributed by atoms with van der Waals surface area (Å²) in [6.45, 7) is 1.88. The highest BCUT2D eigenvalue weighted by Gasteiger charge is 2.41. The lowest BCUT2D eigenvalue weighted by Crippen LogP contribution is -2.44. The number of ether oxygens (including phenoxy) is 2. The SMILES string of the molecule is COc1cc(C)cc(Nc2ncc(-c3cnc(OC)c(-c4n[nH]c(=O)o4)c3)c(N3C=CC(C(F)(F)F)N3)n2)c1. The fraction of sp³-hybridized carbons (Fsp3) is 0.208. The Balaban J connectivity index is 1.59. The Morgan fingerprint density at radius 2 is 1.90 bits per heavy atom. The van der Waals surface area contributed by atoms with Crippen LogP contribution in [0.5, 0.6) is 11.6 Å². The number of pyridine rings is 1. The van der Waals surface area contributed by atoms with Crippen molar-refractivity contribution in [3.63, 3.8) is 0 Å². The zero-order chi connectivity index (χ0) is 27.7. The summed E-state index contributed by atoms with van der Waals surface area (Å²) < 4.78 is 55.8. The summed E-state index contributed by atoms with van der Waals surface area (Å²) in [6, 6.07) is 5.04. The number of nitrogens with zero attached hydrogens (tertiary/aromatic N) is 5. The zero-order valence-corrected chi connectivity index (χ0v) is 20.7. The minimum absolute atomic E-state index is 0.0864. The van der Waals surface area contributed by atoms with E-state index in [1.807, 2.05) is 19.1 Å². The first-order valence-corrected chi connectivity index (χ1v) is 11.3. The smallest absolute Gasteiger partial charge is 0.434 e. The summed E-state index contributed by atoms with van der Waals surface area (Å²) in [6.07, 6.45) is 0.537. The fourth-order valence-electron chi connectivity index (χ4n) is 3.87. The van der Waals surface area contributed by atoms with Crippen LogP contribution in [0.1, 0.15) is 5.56 Å². The van der Waals surface area contributed by atoms with E-state index in [1.165, 1.54) is 32.8 Å². The van der Waals surface area contributed by atoms with E-state index < -0.39 is 18.0 Å². The van der Waals surface area contributed by atoms with Crippen molar-refractivity contribution in [2.45, 2.75) is 19.1 Å². The number of hydrazine groups is 1. The highest BCUT2D eigenvalue weighted by molar-refractivity contribution is 5.80. The van der Waals surface area contributed by atoms with E-state index >= 15 is 0 Å². The van der Waals surface area contributed by atoms with Gasteiger partial charge in [-0.25, -0.2) is 25.3 Å². The van der Waals surface area contributed by atoms with Crippen LogP contribution in [0.25, 0.3) is 22.6 Å². The lowest BCUT2D eigenvalue weighted by atomic mass is 10.1. The van der Waals surface area contributed by atoms with Gasteiger partial charge in [0.05, 0.1) is 14.2 Å². The molecule has 0 spiro atoms. The van der Waals surface area contributed by atoms with Gasteiger partial charge in [-0.1, -0.05) is 0 Å². The number of aromatic nitrogens is 5. The molecule has 1 aliphatic rings. The van der Waals surface area contributed by atoms with Crippen molar-refractivity contribution < 1.29 is 27.1 Å². The van der Waals surface area contributed by atoms with E-state index in [-0.39, 0.29) is 29.1 Å². The highest BCUT2D eigenvalue weighted by atomic mass is 19.4. The topological polar surface area (TPSA) is 143 Å². The number of halogens is 3. The second kappa shape index (κ2) is 10.1. The molecule has 0 saturated carbocycles. The number of benzene rings is 1. The van der Waals surface area contributed by atoms with Crippen molar-refractivity contribution in [3.8, 4) is 34.2 Å². The van der Waals surface area contributed by atoms with Crippen LogP contribution in [-0.2, 0) is 0 Å². The monoisotopic (exact) mass is 542 g/mol. The largest absolute Gasteiger partial charge is 0.497 e. The summed E-state index contributed by atoms with van der Waals surface area (Å²) in [5, 5.41) is 10.2. The number of nitrogens with one attached hydrogen (secondary N) is 3. The average Bonchev–Trinajstić information content (AvgIpc) is 3.58. The minimum atomic E-state index is -4.52. The first kappa shape index (κ1) is 25.7. The average molecular weight is 542 g/mol. The fourth-order valence-corrected chi connectivity index (χ4v) is 3.87. The van der Waals surface area contributed by atoms with Crippen LogP contribution < -0.4 is 31.0 Å². The van der Waals surface area contributed by atoms with Gasteiger partial charge in [-0.15, -0.1) is 5.10 Å². The van der Waals surface area contributed by atoms with Crippen LogP contribution in [0.2, 0.25) is 0 Å². The summed E-state index contributed by atoms with van der Waals surface area (Å²) in [4.78, 5) is 24.6. The Hall–Kier alpha value is -4.92. The van der Waals surface area contributed by atoms with E-state index in [0.29, 0.717) is 22.6 Å². The Bertz CT molecular complexity index is 1600. The summed E-state index contributed by atoms with van der Waals surface area (Å²) in [5.74, 6) is 0.0577. The number of hydrogen-bond donors (Lipinski definition) is 3. The van der Waals surface area contributed by atoms with Gasteiger partial charge in [0.2, 0.25) is 11.8 Å². The van der Waals surface area contributed by atoms with Crippen molar-refractivity contribution in [3.05, 3.63) is 65.0 Å². The van der Waals surface area contributed by atoms with Crippen molar-refractivity contribution in [2.75, 3.05) is 24.5 Å². The second-order valence-corrected chi connectivity index (χ2v) is 8.35. The minimum Gasteiger partial charge on any atom is -0.497 e. The first-order chi connectivity index (χ1) is 18.6. The first-order valence-electron chi connectivity index (χ1n) is 11.3. The molecule has 15 heteroatoms. The molecule has 0 fully saturated rings. The third kappa shape index (κ3) is 5.38. The molecule has 0 radical (unpaired) electrons. The number of alkyl halides is 3. The maximum atomic E-state index is 13.4. The van der Waals surface area contributed by atoms with Crippen molar-refractivity contribution in [1.82, 2.24) is 30.6 Å². The molecule has 5 rings (SSSR count). The lowest BCUT2D eigenvalue weighted by Gasteiger charge is -2.23. The molecule has 3 N–H and O–H groups in total. The van der Waals surface area contributed by atoms with Crippen molar-refractivity contribution in [2.24, 2.45) is 0 Å². The standard InChI is InChI=1S/C24H21F3N8O4/c1-12-6-14(9-15(7-12)37-2)30-22-29-11-17(19(31-22)35-5-4-18(34-35)24(25,26)27)13-8-16(20(38-3)28-10-13)21-32-33-23(36)39-21/h4-11,18,34H,1-3H3,(H,33,36)(H,29,30,31). The molecule has 1 aromatic carbocycles. The molecule has 39 heavy (non-hydrogen) atoms. The number of hydrogen-bond acceptors (Lipinski definition) is 11. The normalized spacial score (nSPS) is 15.0. The Morgan fingerprint density at radius 3 is 2.56 bits per heavy atom. The Labute approximate surface area is 218 Å². The molecule has 0 saturated heterocycles. The van der Waals surface area contributed by atoms with Gasteiger partial charge < -0.3 is 19.2 Å². The Morgan fingerprint density at radius 1 is 1.08 bits per heavy atom. The number of rotatable bonds is 7. The summed E-state index contributed by atoms with van der Waals surface area (Å²) in [5.41, 5.74) is 4.85. The van der Waals surface area contributed by atoms with Crippen LogP contribution in [-0.4, -0.2) is 51.6 Å². The molecule has 1 atom stereocenters. The molecule has 1 unspecified atom stereocenters. The van der Waals surface area contributed by atoms with Gasteiger partial charge in [-0.3, -0.25) is 5.01 Å². The third-order valence-electron chi connectivity index (χ3n) is 5.62. The molecule has 4 aromatic rings. The van der Waals surface area contributed by atoms with Crippen LogP contribution in [0.3, 0.4) is 0 Å². The number of aryl methyl sites for hydroxylation is 1. The second-order valence-electron chi connectivity index (χ2n) is 8.35. The molecule has 0 aliphatic carbocycles. The van der Waals surface area contributed by atoms with Crippen molar-refractivity contribution in [1.29, 1.82) is 0 Å². The molecule has 12 nitrogen and oxygen atoms in total. The lowest BCUT2D eigenvalue weighted by molar-refractivity contribution is -0.142. The van der Waals surface area contributed by atoms with Crippen molar-refractivity contribution >= 4 is 17.5 Å². The molecular formula is C24H21F3N8O4. The molecule has 4 heterocycles. The molecule has 0 bridgehead atoms. The van der Waals surface area contributed by atoms with Gasteiger partial charge in [-0.05, 0) is 36.8 Å². The van der Waals surface area contributed by atoms with Gasteiger partial charge in [0.15, 0.2) is 5.82 Å². The predicted octanol–water partition coefficient (Wildman–Crippen LogP) is 3.72. The van der Waals surface area contributed by atoms with Gasteiger partial charge in [0.25, 0.3) is 5.89 Å². The molecule has 3 aromatic heterocycles. The predicted molar refractivity (Wildman–Crippen MR) is 134 cm³/mol. The molecular weight excluding hydrogens is 521 g/mol. The quantitative estimate of drug-likeness (QED) is 0.314. The van der Waals surface area contributed by atoms with Gasteiger partial charge in [0.1, 0.15) is 17.4 Å². The van der Waals surface area contributed by atoms with E-state index in [4.69, 9.17) is 13.9 Å². The number of H-pyrrole nitrogens is 1.